The number of para-hydroxylation sites is 2. The van der Waals surface area contributed by atoms with Gasteiger partial charge in [0.15, 0.2) is 0 Å². The molecule has 200 valence electrons. The van der Waals surface area contributed by atoms with E-state index in [-0.39, 0.29) is 6.04 Å². The Bertz CT molecular complexity index is 2770. The number of thiophene rings is 1. The molecule has 5 heteroatoms. The van der Waals surface area contributed by atoms with Crippen LogP contribution in [0.1, 0.15) is 0 Å². The molecule has 1 atom stereocenters. The molecule has 0 radical (unpaired) electrons. The van der Waals surface area contributed by atoms with Gasteiger partial charge in [-0.15, -0.1) is 11.3 Å². The van der Waals surface area contributed by atoms with Crippen LogP contribution in [-0.4, -0.2) is 16.2 Å². The monoisotopic (exact) mass is 567 g/mol. The Balaban J connectivity index is 1.33. The van der Waals surface area contributed by atoms with E-state index in [0.717, 1.165) is 39.2 Å². The molecule has 0 amide bonds. The lowest BCUT2D eigenvalue weighted by atomic mass is 9.98. The number of nitrogens with one attached hydrogen (secondary N) is 1. The minimum Gasteiger partial charge on any atom is -0.456 e. The number of allylic oxidation sites excluding steroid dienone is 2. The van der Waals surface area contributed by atoms with Gasteiger partial charge >= 0.3 is 0 Å². The van der Waals surface area contributed by atoms with Crippen molar-refractivity contribution in [1.29, 1.82) is 0 Å². The fourth-order valence-electron chi connectivity index (χ4n) is 7.48. The Morgan fingerprint density at radius 2 is 1.58 bits per heavy atom. The van der Waals surface area contributed by atoms with E-state index in [4.69, 9.17) is 9.41 Å². The lowest BCUT2D eigenvalue weighted by molar-refractivity contribution is 0.669. The van der Waals surface area contributed by atoms with Gasteiger partial charge in [0.05, 0.1) is 22.8 Å². The standard InChI is InChI=1S/C38H21N3OS/c1-5-14-30-22(8-1)25-18-20(16-17-31(25)42-30)21-10-7-11-24-33-36-27(19-26-23-9-2-6-15-32(23)43-37(26)33)34-38(41(36)35(21)24)40-29-13-4-3-12-28(29)39-34/h1-19,29,40H. The number of fused-ring (bicyclic) bond motifs is 14. The van der Waals surface area contributed by atoms with Crippen molar-refractivity contribution >= 4 is 97.9 Å². The van der Waals surface area contributed by atoms with Crippen LogP contribution < -0.4 is 5.32 Å². The first kappa shape index (κ1) is 22.2. The Kier molecular flexibility index (Phi) is 3.99. The summed E-state index contributed by atoms with van der Waals surface area (Å²) in [7, 11) is 0. The molecular weight excluding hydrogens is 547 g/mol. The third-order valence-corrected chi connectivity index (χ3v) is 10.5. The number of hydrogen-bond donors (Lipinski definition) is 1. The average molecular weight is 568 g/mol. The maximum absolute atomic E-state index is 6.18. The molecule has 1 N–H and O–H groups in total. The second-order valence-electron chi connectivity index (χ2n) is 11.6. The van der Waals surface area contributed by atoms with Gasteiger partial charge < -0.3 is 9.73 Å². The molecule has 1 aliphatic heterocycles. The van der Waals surface area contributed by atoms with Crippen LogP contribution in [0.4, 0.5) is 11.5 Å². The molecular formula is C38H21N3OS. The Morgan fingerprint density at radius 3 is 2.56 bits per heavy atom. The molecule has 0 spiro atoms. The van der Waals surface area contributed by atoms with Crippen LogP contribution in [0.2, 0.25) is 0 Å². The molecule has 0 bridgehead atoms. The summed E-state index contributed by atoms with van der Waals surface area (Å²) in [5.41, 5.74) is 8.73. The smallest absolute Gasteiger partial charge is 0.139 e. The first-order valence-corrected chi connectivity index (χ1v) is 15.4. The Morgan fingerprint density at radius 1 is 0.721 bits per heavy atom. The van der Waals surface area contributed by atoms with Gasteiger partial charge in [0.1, 0.15) is 22.7 Å². The third-order valence-electron chi connectivity index (χ3n) is 9.32. The topological polar surface area (TPSA) is 41.9 Å². The lowest BCUT2D eigenvalue weighted by Gasteiger charge is -2.23. The highest BCUT2D eigenvalue weighted by Gasteiger charge is 2.31. The first-order chi connectivity index (χ1) is 21.3. The molecule has 5 aromatic carbocycles. The number of aromatic nitrogens is 1. The van der Waals surface area contributed by atoms with Crippen LogP contribution in [0.25, 0.3) is 80.4 Å². The minimum absolute atomic E-state index is 0.0494. The highest BCUT2D eigenvalue weighted by atomic mass is 32.1. The van der Waals surface area contributed by atoms with Crippen molar-refractivity contribution in [3.05, 3.63) is 115 Å². The highest BCUT2D eigenvalue weighted by Crippen LogP contribution is 2.53. The van der Waals surface area contributed by atoms with Gasteiger partial charge in [0.25, 0.3) is 0 Å². The summed E-state index contributed by atoms with van der Waals surface area (Å²) in [6, 6.07) is 32.9. The van der Waals surface area contributed by atoms with E-state index in [1.807, 2.05) is 23.5 Å². The maximum atomic E-state index is 6.18. The van der Waals surface area contributed by atoms with Crippen molar-refractivity contribution < 1.29 is 4.42 Å². The Hall–Kier alpha value is -5.39. The molecule has 1 aliphatic carbocycles. The maximum Gasteiger partial charge on any atom is 0.139 e. The fourth-order valence-corrected chi connectivity index (χ4v) is 8.72. The highest BCUT2D eigenvalue weighted by molar-refractivity contribution is 7.26. The number of nitrogens with zero attached hydrogens (tertiary/aromatic N) is 2. The van der Waals surface area contributed by atoms with Crippen LogP contribution in [0, 0.1) is 0 Å². The summed E-state index contributed by atoms with van der Waals surface area (Å²) in [5, 5.41) is 12.5. The van der Waals surface area contributed by atoms with Crippen molar-refractivity contribution in [3.63, 3.8) is 0 Å². The summed E-state index contributed by atoms with van der Waals surface area (Å²) in [6.45, 7) is 0. The lowest BCUT2D eigenvalue weighted by Crippen LogP contribution is -2.30. The summed E-state index contributed by atoms with van der Waals surface area (Å²) in [4.78, 5) is 5.29. The van der Waals surface area contributed by atoms with E-state index in [1.54, 1.807) is 0 Å². The molecule has 43 heavy (non-hydrogen) atoms. The number of hydrogen-bond acceptors (Lipinski definition) is 4. The van der Waals surface area contributed by atoms with E-state index in [2.05, 4.69) is 113 Å². The molecule has 1 unspecified atom stereocenters. The average Bonchev–Trinajstić information content (AvgIpc) is 3.79. The normalized spacial score (nSPS) is 16.3. The van der Waals surface area contributed by atoms with E-state index < -0.39 is 0 Å². The predicted octanol–water partition coefficient (Wildman–Crippen LogP) is 10.6. The largest absolute Gasteiger partial charge is 0.456 e. The minimum atomic E-state index is 0.0494. The summed E-state index contributed by atoms with van der Waals surface area (Å²) < 4.78 is 11.3. The van der Waals surface area contributed by atoms with Gasteiger partial charge in [-0.2, -0.15) is 0 Å². The molecule has 2 aliphatic rings. The van der Waals surface area contributed by atoms with Gasteiger partial charge in [-0.05, 0) is 42.0 Å². The SMILES string of the molecule is C1=CC2=Nc3c(n4c5c(-c6ccc7oc8ccccc8c7c6)cccc5c5c6sc7ccccc7c6cc3c54)NC2C=C1. The van der Waals surface area contributed by atoms with Crippen molar-refractivity contribution in [1.82, 2.24) is 4.40 Å². The zero-order valence-corrected chi connectivity index (χ0v) is 23.6. The summed E-state index contributed by atoms with van der Waals surface area (Å²) in [6.07, 6.45) is 8.50. The quantitative estimate of drug-likeness (QED) is 0.214. The molecule has 0 saturated heterocycles. The molecule has 0 fully saturated rings. The van der Waals surface area contributed by atoms with Gasteiger partial charge in [-0.3, -0.25) is 4.40 Å². The fraction of sp³-hybridized carbons (Fsp3) is 0.0263. The number of anilines is 1. The number of rotatable bonds is 1. The number of furan rings is 1. The van der Waals surface area contributed by atoms with Crippen molar-refractivity contribution in [2.75, 3.05) is 5.32 Å². The third kappa shape index (κ3) is 2.74. The first-order valence-electron chi connectivity index (χ1n) is 14.6. The number of aliphatic imine (C=N–C) groups is 1. The zero-order valence-electron chi connectivity index (χ0n) is 22.8. The van der Waals surface area contributed by atoms with Crippen molar-refractivity contribution in [2.24, 2.45) is 4.99 Å². The van der Waals surface area contributed by atoms with Gasteiger partial charge in [-0.1, -0.05) is 78.9 Å². The van der Waals surface area contributed by atoms with Gasteiger partial charge in [-0.25, -0.2) is 4.99 Å². The van der Waals surface area contributed by atoms with Crippen LogP contribution in [0.15, 0.2) is 125 Å². The molecule has 9 aromatic rings. The summed E-state index contributed by atoms with van der Waals surface area (Å²) in [5.74, 6) is 1.06. The van der Waals surface area contributed by atoms with Crippen LogP contribution in [-0.2, 0) is 0 Å². The van der Waals surface area contributed by atoms with Crippen molar-refractivity contribution in [3.8, 4) is 11.1 Å². The molecule has 4 aromatic heterocycles. The van der Waals surface area contributed by atoms with Gasteiger partial charge in [0.2, 0.25) is 0 Å². The van der Waals surface area contributed by atoms with Crippen LogP contribution in [0.3, 0.4) is 0 Å². The second kappa shape index (κ2) is 7.71. The van der Waals surface area contributed by atoms with E-state index in [9.17, 15) is 0 Å². The molecule has 4 nitrogen and oxygen atoms in total. The predicted molar refractivity (Wildman–Crippen MR) is 182 cm³/mol. The van der Waals surface area contributed by atoms with E-state index >= 15 is 0 Å². The zero-order chi connectivity index (χ0) is 27.8. The van der Waals surface area contributed by atoms with E-state index in [1.165, 1.54) is 58.5 Å². The second-order valence-corrected chi connectivity index (χ2v) is 12.6. The van der Waals surface area contributed by atoms with E-state index in [0.29, 0.717) is 0 Å². The van der Waals surface area contributed by atoms with Gasteiger partial charge in [0, 0.05) is 52.7 Å². The molecule has 11 rings (SSSR count). The summed E-state index contributed by atoms with van der Waals surface area (Å²) >= 11 is 1.89. The molecule has 5 heterocycles. The molecule has 0 saturated carbocycles. The van der Waals surface area contributed by atoms with Crippen LogP contribution >= 0.6 is 11.3 Å². The van der Waals surface area contributed by atoms with Crippen molar-refractivity contribution in [2.45, 2.75) is 6.04 Å². The van der Waals surface area contributed by atoms with Crippen LogP contribution in [0.5, 0.6) is 0 Å². The number of benzene rings is 5. The Labute approximate surface area is 248 Å².